The Morgan fingerprint density at radius 1 is 0.714 bits per heavy atom. The van der Waals surface area contributed by atoms with E-state index in [1.54, 1.807) is 10.8 Å². The van der Waals surface area contributed by atoms with Crippen molar-refractivity contribution in [2.75, 3.05) is 31.3 Å². The average Bonchev–Trinajstić information content (AvgIpc) is 2.70. The lowest BCUT2D eigenvalue weighted by atomic mass is 10.2. The molecule has 0 radical (unpaired) electrons. The van der Waals surface area contributed by atoms with E-state index in [1.165, 1.54) is 51.4 Å². The van der Waals surface area contributed by atoms with Crippen molar-refractivity contribution in [3.8, 4) is 0 Å². The maximum Gasteiger partial charge on any atom is 0.306 e. The average molecular weight is 437 g/mol. The van der Waals surface area contributed by atoms with Crippen molar-refractivity contribution >= 4 is 27.6 Å². The van der Waals surface area contributed by atoms with E-state index >= 15 is 0 Å². The number of unbranched alkanes of at least 4 members (excludes halogenated alkanes) is 8. The van der Waals surface area contributed by atoms with Crippen LogP contribution in [0.3, 0.4) is 0 Å². The summed E-state index contributed by atoms with van der Waals surface area (Å²) in [6.45, 7) is 8.15. The lowest BCUT2D eigenvalue weighted by Crippen LogP contribution is -2.26. The number of carbonyl (C=O) groups is 1. The van der Waals surface area contributed by atoms with Crippen molar-refractivity contribution in [3.63, 3.8) is 0 Å². The summed E-state index contributed by atoms with van der Waals surface area (Å²) in [6, 6.07) is 0. The number of hydrogen-bond donors (Lipinski definition) is 0. The van der Waals surface area contributed by atoms with E-state index in [4.69, 9.17) is 14.2 Å². The normalized spacial score (nSPS) is 11.3. The Labute approximate surface area is 182 Å². The number of esters is 1. The molecule has 0 unspecified atom stereocenters. The van der Waals surface area contributed by atoms with Gasteiger partial charge in [-0.1, -0.05) is 93.7 Å². The van der Waals surface area contributed by atoms with Gasteiger partial charge in [-0.3, -0.25) is 4.79 Å². The summed E-state index contributed by atoms with van der Waals surface area (Å²) >= 11 is 0. The molecule has 0 saturated heterocycles. The molecule has 0 heterocycles. The van der Waals surface area contributed by atoms with E-state index in [0.29, 0.717) is 19.6 Å². The van der Waals surface area contributed by atoms with Crippen molar-refractivity contribution in [2.24, 2.45) is 0 Å². The van der Waals surface area contributed by atoms with Crippen molar-refractivity contribution in [2.45, 2.75) is 104 Å². The molecule has 168 valence electrons. The molecule has 0 rings (SSSR count). The summed E-state index contributed by atoms with van der Waals surface area (Å²) in [5.41, 5.74) is 0. The molecule has 0 aromatic carbocycles. The fourth-order valence-corrected chi connectivity index (χ4v) is 4.65. The first-order valence-electron chi connectivity index (χ1n) is 11.4. The molecule has 0 aromatic heterocycles. The summed E-state index contributed by atoms with van der Waals surface area (Å²) in [5.74, 6) is 1.76. The van der Waals surface area contributed by atoms with Gasteiger partial charge in [-0.05, 0) is 19.3 Å². The van der Waals surface area contributed by atoms with E-state index < -0.39 is 6.29 Å². The lowest BCUT2D eigenvalue weighted by Gasteiger charge is -2.19. The summed E-state index contributed by atoms with van der Waals surface area (Å²) in [7, 11) is 3.56. The van der Waals surface area contributed by atoms with Gasteiger partial charge < -0.3 is 14.2 Å². The maximum absolute atomic E-state index is 11.9. The van der Waals surface area contributed by atoms with Crippen LogP contribution in [0.25, 0.3) is 0 Å². The summed E-state index contributed by atoms with van der Waals surface area (Å²) < 4.78 is 17.1. The van der Waals surface area contributed by atoms with Crippen LogP contribution in [0.5, 0.6) is 0 Å². The molecule has 0 atom stereocenters. The molecule has 0 bridgehead atoms. The fraction of sp³-hybridized carbons (Fsp3) is 0.955. The van der Waals surface area contributed by atoms with E-state index in [1.807, 2.05) is 10.8 Å². The van der Waals surface area contributed by atoms with Crippen molar-refractivity contribution in [1.82, 2.24) is 0 Å². The van der Waals surface area contributed by atoms with Crippen LogP contribution in [0.15, 0.2) is 0 Å². The second-order valence-electron chi connectivity index (χ2n) is 7.08. The zero-order chi connectivity index (χ0) is 20.7. The molecule has 0 saturated carbocycles. The molecule has 0 spiro atoms. The SMILES string of the molecule is CCCCCCCOC(COC(=O)CCSSCCC)OCCCCCCC. The highest BCUT2D eigenvalue weighted by atomic mass is 33.1. The standard InChI is InChI=1S/C22H44O4S2/c1-4-7-9-11-13-16-24-22(25-17-14-12-10-8-5-2)20-26-21(23)15-19-28-27-18-6-3/h22H,4-20H2,1-3H3. The molecule has 28 heavy (non-hydrogen) atoms. The Balaban J connectivity index is 3.97. The molecular weight excluding hydrogens is 392 g/mol. The highest BCUT2D eigenvalue weighted by molar-refractivity contribution is 8.76. The Bertz CT molecular complexity index is 314. The van der Waals surface area contributed by atoms with Crippen molar-refractivity contribution < 1.29 is 19.0 Å². The highest BCUT2D eigenvalue weighted by Gasteiger charge is 2.13. The van der Waals surface area contributed by atoms with E-state index in [-0.39, 0.29) is 12.6 Å². The van der Waals surface area contributed by atoms with Crippen molar-refractivity contribution in [1.29, 1.82) is 0 Å². The van der Waals surface area contributed by atoms with Crippen LogP contribution >= 0.6 is 21.6 Å². The van der Waals surface area contributed by atoms with Gasteiger partial charge in [-0.15, -0.1) is 0 Å². The van der Waals surface area contributed by atoms with Crippen LogP contribution in [0.2, 0.25) is 0 Å². The molecular formula is C22H44O4S2. The van der Waals surface area contributed by atoms with Gasteiger partial charge in [0.15, 0.2) is 6.29 Å². The van der Waals surface area contributed by atoms with Crippen LogP contribution in [0.4, 0.5) is 0 Å². The van der Waals surface area contributed by atoms with E-state index in [9.17, 15) is 4.79 Å². The number of ether oxygens (including phenoxy) is 3. The first-order chi connectivity index (χ1) is 13.7. The predicted octanol–water partition coefficient (Wildman–Crippen LogP) is 7.01. The largest absolute Gasteiger partial charge is 0.460 e. The zero-order valence-corrected chi connectivity index (χ0v) is 20.2. The molecule has 4 nitrogen and oxygen atoms in total. The molecule has 6 heteroatoms. The van der Waals surface area contributed by atoms with Crippen molar-refractivity contribution in [3.05, 3.63) is 0 Å². The minimum atomic E-state index is -0.427. The summed E-state index contributed by atoms with van der Waals surface area (Å²) in [6.07, 6.45) is 13.2. The minimum absolute atomic E-state index is 0.160. The van der Waals surface area contributed by atoms with Gasteiger partial charge in [0.05, 0.1) is 6.42 Å². The fourth-order valence-electron chi connectivity index (χ4n) is 2.54. The highest BCUT2D eigenvalue weighted by Crippen LogP contribution is 2.22. The van der Waals surface area contributed by atoms with Gasteiger partial charge in [0.25, 0.3) is 0 Å². The predicted molar refractivity (Wildman–Crippen MR) is 124 cm³/mol. The van der Waals surface area contributed by atoms with Gasteiger partial charge in [-0.2, -0.15) is 0 Å². The zero-order valence-electron chi connectivity index (χ0n) is 18.5. The topological polar surface area (TPSA) is 44.8 Å². The lowest BCUT2D eigenvalue weighted by molar-refractivity contribution is -0.183. The number of rotatable bonds is 22. The third kappa shape index (κ3) is 20.8. The van der Waals surface area contributed by atoms with Gasteiger partial charge >= 0.3 is 5.97 Å². The van der Waals surface area contributed by atoms with Gasteiger partial charge in [0.1, 0.15) is 6.61 Å². The van der Waals surface area contributed by atoms with Gasteiger partial charge in [0.2, 0.25) is 0 Å². The summed E-state index contributed by atoms with van der Waals surface area (Å²) in [5, 5.41) is 0. The van der Waals surface area contributed by atoms with E-state index in [2.05, 4.69) is 20.8 Å². The van der Waals surface area contributed by atoms with Crippen LogP contribution in [-0.2, 0) is 19.0 Å². The molecule has 0 aliphatic rings. The summed E-state index contributed by atoms with van der Waals surface area (Å²) in [4.78, 5) is 11.9. The smallest absolute Gasteiger partial charge is 0.306 e. The molecule has 0 N–H and O–H groups in total. The Hall–Kier alpha value is 0.0900. The molecule has 0 aromatic rings. The van der Waals surface area contributed by atoms with Crippen LogP contribution in [-0.4, -0.2) is 43.6 Å². The first kappa shape index (κ1) is 28.1. The Morgan fingerprint density at radius 3 is 1.79 bits per heavy atom. The molecule has 0 fully saturated rings. The minimum Gasteiger partial charge on any atom is -0.460 e. The quantitative estimate of drug-likeness (QED) is 0.0787. The third-order valence-corrected chi connectivity index (χ3v) is 6.86. The second kappa shape index (κ2) is 23.4. The molecule has 0 aliphatic heterocycles. The second-order valence-corrected chi connectivity index (χ2v) is 9.78. The van der Waals surface area contributed by atoms with Gasteiger partial charge in [-0.25, -0.2) is 0 Å². The van der Waals surface area contributed by atoms with Crippen LogP contribution in [0, 0.1) is 0 Å². The Morgan fingerprint density at radius 2 is 1.25 bits per heavy atom. The third-order valence-electron chi connectivity index (χ3n) is 4.24. The molecule has 0 aliphatic carbocycles. The Kier molecular flexibility index (Phi) is 23.4. The van der Waals surface area contributed by atoms with Crippen LogP contribution < -0.4 is 0 Å². The molecule has 0 amide bonds. The van der Waals surface area contributed by atoms with Gasteiger partial charge in [0, 0.05) is 24.7 Å². The number of carbonyl (C=O) groups excluding carboxylic acids is 1. The monoisotopic (exact) mass is 436 g/mol. The first-order valence-corrected chi connectivity index (χ1v) is 13.9. The van der Waals surface area contributed by atoms with Crippen LogP contribution in [0.1, 0.15) is 97.8 Å². The number of hydrogen-bond acceptors (Lipinski definition) is 6. The maximum atomic E-state index is 11.9. The van der Waals surface area contributed by atoms with E-state index in [0.717, 1.165) is 30.8 Å².